The number of hydrogen-bond donors (Lipinski definition) is 2. The van der Waals surface area contributed by atoms with E-state index in [9.17, 15) is 9.59 Å². The molecule has 0 unspecified atom stereocenters. The molecule has 0 radical (unpaired) electrons. The van der Waals surface area contributed by atoms with Crippen molar-refractivity contribution in [3.8, 4) is 0 Å². The summed E-state index contributed by atoms with van der Waals surface area (Å²) in [7, 11) is 0. The average Bonchev–Trinajstić information content (AvgIpc) is 2.86. The molecule has 0 aliphatic carbocycles. The maximum absolute atomic E-state index is 12.1. The van der Waals surface area contributed by atoms with Crippen LogP contribution in [0, 0.1) is 0 Å². The fourth-order valence-corrected chi connectivity index (χ4v) is 1.92. The van der Waals surface area contributed by atoms with Crippen LogP contribution in [-0.2, 0) is 11.3 Å². The molecule has 0 fully saturated rings. The molecule has 2 rings (SSSR count). The fraction of sp³-hybridized carbons (Fsp3) is 0.286. The number of para-hydroxylation sites is 1. The highest BCUT2D eigenvalue weighted by molar-refractivity contribution is 6.03. The van der Waals surface area contributed by atoms with Crippen molar-refractivity contribution in [2.75, 3.05) is 5.32 Å². The number of amides is 1. The minimum Gasteiger partial charge on any atom is -0.480 e. The number of carbonyl (C=O) groups is 2. The molecule has 7 nitrogen and oxygen atoms in total. The fourth-order valence-electron chi connectivity index (χ4n) is 1.92. The Morgan fingerprint density at radius 2 is 2.05 bits per heavy atom. The lowest BCUT2D eigenvalue weighted by molar-refractivity contribution is -0.137. The van der Waals surface area contributed by atoms with Gasteiger partial charge in [0.15, 0.2) is 5.69 Å². The van der Waals surface area contributed by atoms with Gasteiger partial charge < -0.3 is 10.4 Å². The van der Waals surface area contributed by atoms with E-state index < -0.39 is 11.9 Å². The van der Waals surface area contributed by atoms with Crippen LogP contribution in [0.5, 0.6) is 0 Å². The van der Waals surface area contributed by atoms with Crippen LogP contribution in [0.25, 0.3) is 0 Å². The first kappa shape index (κ1) is 14.7. The molecule has 0 aliphatic heterocycles. The van der Waals surface area contributed by atoms with E-state index in [2.05, 4.69) is 15.6 Å². The number of benzene rings is 1. The van der Waals surface area contributed by atoms with Gasteiger partial charge in [0.2, 0.25) is 0 Å². The van der Waals surface area contributed by atoms with Crippen molar-refractivity contribution in [2.24, 2.45) is 0 Å². The Morgan fingerprint density at radius 1 is 1.33 bits per heavy atom. The molecule has 1 aromatic carbocycles. The molecule has 21 heavy (non-hydrogen) atoms. The Labute approximate surface area is 121 Å². The van der Waals surface area contributed by atoms with Crippen molar-refractivity contribution in [1.82, 2.24) is 15.0 Å². The summed E-state index contributed by atoms with van der Waals surface area (Å²) in [6.07, 6.45) is 1.31. The third-order valence-corrected chi connectivity index (χ3v) is 2.90. The summed E-state index contributed by atoms with van der Waals surface area (Å²) in [6, 6.07) is 7.51. The predicted molar refractivity (Wildman–Crippen MR) is 76.1 cm³/mol. The van der Waals surface area contributed by atoms with Gasteiger partial charge in [-0.3, -0.25) is 9.59 Å². The van der Waals surface area contributed by atoms with Gasteiger partial charge in [-0.15, -0.1) is 5.10 Å². The summed E-state index contributed by atoms with van der Waals surface area (Å²) < 4.78 is 1.10. The van der Waals surface area contributed by atoms with Crippen LogP contribution in [-0.4, -0.2) is 32.0 Å². The van der Waals surface area contributed by atoms with Gasteiger partial charge in [-0.1, -0.05) is 37.3 Å². The van der Waals surface area contributed by atoms with Crippen LogP contribution in [0.2, 0.25) is 0 Å². The van der Waals surface area contributed by atoms with Crippen molar-refractivity contribution in [3.63, 3.8) is 0 Å². The molecule has 0 saturated heterocycles. The number of hydrogen-bond acceptors (Lipinski definition) is 4. The van der Waals surface area contributed by atoms with Crippen molar-refractivity contribution in [1.29, 1.82) is 0 Å². The van der Waals surface area contributed by atoms with Crippen molar-refractivity contribution in [2.45, 2.75) is 26.3 Å². The lowest BCUT2D eigenvalue weighted by atomic mass is 10.0. The minimum absolute atomic E-state index is 0.0785. The van der Waals surface area contributed by atoms with E-state index in [0.29, 0.717) is 5.69 Å². The quantitative estimate of drug-likeness (QED) is 0.873. The molecule has 2 N–H and O–H groups in total. The highest BCUT2D eigenvalue weighted by Gasteiger charge is 2.14. The molecule has 0 saturated carbocycles. The number of anilines is 1. The lowest BCUT2D eigenvalue weighted by Crippen LogP contribution is -2.14. The molecule has 2 aromatic rings. The lowest BCUT2D eigenvalue weighted by Gasteiger charge is -2.12. The highest BCUT2D eigenvalue weighted by atomic mass is 16.4. The molecule has 0 bridgehead atoms. The molecule has 1 amide bonds. The zero-order chi connectivity index (χ0) is 15.4. The van der Waals surface area contributed by atoms with Crippen LogP contribution < -0.4 is 5.32 Å². The van der Waals surface area contributed by atoms with Gasteiger partial charge in [-0.2, -0.15) is 0 Å². The number of nitrogens with one attached hydrogen (secondary N) is 1. The molecule has 110 valence electrons. The molecule has 7 heteroatoms. The zero-order valence-corrected chi connectivity index (χ0v) is 11.8. The Morgan fingerprint density at radius 3 is 2.71 bits per heavy atom. The first-order chi connectivity index (χ1) is 9.97. The minimum atomic E-state index is -1.04. The normalized spacial score (nSPS) is 10.6. The van der Waals surface area contributed by atoms with Gasteiger partial charge in [0.1, 0.15) is 6.54 Å². The second-order valence-corrected chi connectivity index (χ2v) is 4.89. The maximum atomic E-state index is 12.1. The van der Waals surface area contributed by atoms with Gasteiger partial charge in [-0.05, 0) is 17.5 Å². The summed E-state index contributed by atoms with van der Waals surface area (Å²) in [6.45, 7) is 3.74. The first-order valence-corrected chi connectivity index (χ1v) is 6.49. The van der Waals surface area contributed by atoms with Crippen molar-refractivity contribution >= 4 is 17.6 Å². The van der Waals surface area contributed by atoms with E-state index in [1.807, 2.05) is 38.1 Å². The Hall–Kier alpha value is -2.70. The average molecular weight is 288 g/mol. The number of carbonyl (C=O) groups excluding carboxylic acids is 1. The molecule has 0 aliphatic rings. The second kappa shape index (κ2) is 6.17. The predicted octanol–water partition coefficient (Wildman–Crippen LogP) is 1.74. The van der Waals surface area contributed by atoms with Crippen LogP contribution >= 0.6 is 0 Å². The number of nitrogens with zero attached hydrogens (tertiary/aromatic N) is 3. The van der Waals surface area contributed by atoms with Gasteiger partial charge in [0.05, 0.1) is 6.20 Å². The number of carboxylic acid groups (broad SMARTS) is 1. The first-order valence-electron chi connectivity index (χ1n) is 6.49. The standard InChI is InChI=1S/C14H16N4O3/c1-9(2)10-5-3-4-6-11(10)15-14(21)12-7-18(17-16-12)8-13(19)20/h3-7,9H,8H2,1-2H3,(H,15,21)(H,19,20). The van der Waals surface area contributed by atoms with Gasteiger partial charge >= 0.3 is 5.97 Å². The second-order valence-electron chi connectivity index (χ2n) is 4.89. The number of aromatic nitrogens is 3. The highest BCUT2D eigenvalue weighted by Crippen LogP contribution is 2.23. The van der Waals surface area contributed by atoms with E-state index >= 15 is 0 Å². The third-order valence-electron chi connectivity index (χ3n) is 2.90. The van der Waals surface area contributed by atoms with Crippen LogP contribution in [0.1, 0.15) is 35.8 Å². The van der Waals surface area contributed by atoms with E-state index in [1.165, 1.54) is 6.20 Å². The van der Waals surface area contributed by atoms with Gasteiger partial charge in [0, 0.05) is 5.69 Å². The summed E-state index contributed by atoms with van der Waals surface area (Å²) in [5.41, 5.74) is 1.81. The largest absolute Gasteiger partial charge is 0.480 e. The smallest absolute Gasteiger partial charge is 0.325 e. The number of rotatable bonds is 5. The van der Waals surface area contributed by atoms with Crippen molar-refractivity contribution in [3.05, 3.63) is 41.7 Å². The molecular weight excluding hydrogens is 272 g/mol. The Balaban J connectivity index is 2.15. The topological polar surface area (TPSA) is 97.1 Å². The number of carboxylic acids is 1. The summed E-state index contributed by atoms with van der Waals surface area (Å²) in [4.78, 5) is 22.7. The molecule has 1 heterocycles. The summed E-state index contributed by atoms with van der Waals surface area (Å²) in [5.74, 6) is -1.19. The maximum Gasteiger partial charge on any atom is 0.325 e. The van der Waals surface area contributed by atoms with E-state index in [-0.39, 0.29) is 18.2 Å². The molecule has 0 atom stereocenters. The zero-order valence-electron chi connectivity index (χ0n) is 11.8. The van der Waals surface area contributed by atoms with Crippen LogP contribution in [0.4, 0.5) is 5.69 Å². The van der Waals surface area contributed by atoms with Crippen molar-refractivity contribution < 1.29 is 14.7 Å². The molecule has 1 aromatic heterocycles. The third kappa shape index (κ3) is 3.65. The Bertz CT molecular complexity index is 664. The Kier molecular flexibility index (Phi) is 4.32. The molecular formula is C14H16N4O3. The SMILES string of the molecule is CC(C)c1ccccc1NC(=O)c1cn(CC(=O)O)nn1. The van der Waals surface area contributed by atoms with Gasteiger partial charge in [0.25, 0.3) is 5.91 Å². The molecule has 0 spiro atoms. The van der Waals surface area contributed by atoms with E-state index in [1.54, 1.807) is 0 Å². The summed E-state index contributed by atoms with van der Waals surface area (Å²) >= 11 is 0. The van der Waals surface area contributed by atoms with E-state index in [0.717, 1.165) is 10.2 Å². The van der Waals surface area contributed by atoms with Crippen LogP contribution in [0.15, 0.2) is 30.5 Å². The number of aliphatic carboxylic acids is 1. The van der Waals surface area contributed by atoms with Crippen LogP contribution in [0.3, 0.4) is 0 Å². The monoisotopic (exact) mass is 288 g/mol. The van der Waals surface area contributed by atoms with Gasteiger partial charge in [-0.25, -0.2) is 4.68 Å². The van der Waals surface area contributed by atoms with E-state index in [4.69, 9.17) is 5.11 Å². The summed E-state index contributed by atoms with van der Waals surface area (Å²) in [5, 5.41) is 18.7.